The molecule has 0 unspecified atom stereocenters. The highest BCUT2D eigenvalue weighted by Crippen LogP contribution is 2.20. The first-order chi connectivity index (χ1) is 9.30. The van der Waals surface area contributed by atoms with E-state index < -0.39 is 15.8 Å². The number of nitrogens with zero attached hydrogens (tertiary/aromatic N) is 3. The fraction of sp³-hybridized carbons (Fsp3) is 0.250. The number of aromatic nitrogens is 2. The van der Waals surface area contributed by atoms with Crippen molar-refractivity contribution in [3.8, 4) is 0 Å². The zero-order valence-corrected chi connectivity index (χ0v) is 11.9. The van der Waals surface area contributed by atoms with Crippen molar-refractivity contribution < 1.29 is 12.8 Å². The Morgan fingerprint density at radius 2 is 2.10 bits per heavy atom. The molecule has 8 heteroatoms. The van der Waals surface area contributed by atoms with Crippen LogP contribution in [0.15, 0.2) is 35.5 Å². The predicted molar refractivity (Wildman–Crippen MR) is 72.7 cm³/mol. The van der Waals surface area contributed by atoms with Gasteiger partial charge in [0.15, 0.2) is 0 Å². The lowest BCUT2D eigenvalue weighted by molar-refractivity contribution is 0.450. The van der Waals surface area contributed by atoms with Crippen LogP contribution in [0.2, 0.25) is 0 Å². The van der Waals surface area contributed by atoms with Crippen LogP contribution >= 0.6 is 0 Å². The lowest BCUT2D eigenvalue weighted by Crippen LogP contribution is -2.28. The van der Waals surface area contributed by atoms with E-state index in [-0.39, 0.29) is 17.1 Å². The molecule has 0 aliphatic heterocycles. The van der Waals surface area contributed by atoms with Crippen molar-refractivity contribution in [2.45, 2.75) is 11.4 Å². The number of hydrogen-bond acceptors (Lipinski definition) is 4. The summed E-state index contributed by atoms with van der Waals surface area (Å²) in [6.45, 7) is 0.0856. The average Bonchev–Trinajstić information content (AvgIpc) is 2.73. The predicted octanol–water partition coefficient (Wildman–Crippen LogP) is 0.962. The summed E-state index contributed by atoms with van der Waals surface area (Å²) < 4.78 is 40.8. The zero-order chi connectivity index (χ0) is 14.9. The first-order valence-electron chi connectivity index (χ1n) is 5.79. The second kappa shape index (κ2) is 5.22. The number of aryl methyl sites for hydroxylation is 1. The van der Waals surface area contributed by atoms with Gasteiger partial charge in [0, 0.05) is 32.2 Å². The molecule has 2 N–H and O–H groups in total. The van der Waals surface area contributed by atoms with Crippen LogP contribution in [0.5, 0.6) is 0 Å². The Kier molecular flexibility index (Phi) is 3.78. The molecular weight excluding hydrogens is 283 g/mol. The van der Waals surface area contributed by atoms with Crippen LogP contribution in [0.1, 0.15) is 5.82 Å². The van der Waals surface area contributed by atoms with Crippen LogP contribution < -0.4 is 5.73 Å². The van der Waals surface area contributed by atoms with Crippen molar-refractivity contribution in [2.75, 3.05) is 12.8 Å². The van der Waals surface area contributed by atoms with Gasteiger partial charge in [-0.3, -0.25) is 0 Å². The third kappa shape index (κ3) is 2.81. The summed E-state index contributed by atoms with van der Waals surface area (Å²) in [5.41, 5.74) is 5.54. The molecule has 0 aliphatic carbocycles. The van der Waals surface area contributed by atoms with Crippen LogP contribution in [0, 0.1) is 5.82 Å². The number of hydrogen-bond donors (Lipinski definition) is 1. The minimum Gasteiger partial charge on any atom is -0.399 e. The van der Waals surface area contributed by atoms with Crippen LogP contribution in [0.4, 0.5) is 10.1 Å². The Morgan fingerprint density at radius 3 is 2.65 bits per heavy atom. The van der Waals surface area contributed by atoms with E-state index in [1.807, 2.05) is 0 Å². The van der Waals surface area contributed by atoms with E-state index in [4.69, 9.17) is 5.73 Å². The van der Waals surface area contributed by atoms with E-state index in [1.54, 1.807) is 24.0 Å². The summed E-state index contributed by atoms with van der Waals surface area (Å²) in [7, 11) is -0.642. The number of nitrogen functional groups attached to an aromatic ring is 1. The molecule has 0 saturated carbocycles. The number of rotatable bonds is 4. The maximum atomic E-state index is 13.3. The van der Waals surface area contributed by atoms with Gasteiger partial charge in [-0.15, -0.1) is 0 Å². The molecule has 0 fully saturated rings. The van der Waals surface area contributed by atoms with Gasteiger partial charge in [0.2, 0.25) is 10.0 Å². The monoisotopic (exact) mass is 298 g/mol. The molecule has 0 amide bonds. The summed E-state index contributed by atoms with van der Waals surface area (Å²) in [5.74, 6) is -0.102. The fourth-order valence-electron chi connectivity index (χ4n) is 1.75. The second-order valence-corrected chi connectivity index (χ2v) is 6.48. The second-order valence-electron chi connectivity index (χ2n) is 4.44. The number of benzene rings is 1. The molecule has 20 heavy (non-hydrogen) atoms. The smallest absolute Gasteiger partial charge is 0.243 e. The number of halogens is 1. The number of imidazole rings is 1. The third-order valence-corrected chi connectivity index (χ3v) is 4.67. The van der Waals surface area contributed by atoms with E-state index >= 15 is 0 Å². The molecule has 1 aromatic heterocycles. The summed E-state index contributed by atoms with van der Waals surface area (Å²) in [6, 6.07) is 3.24. The molecule has 0 radical (unpaired) electrons. The largest absolute Gasteiger partial charge is 0.399 e. The molecule has 0 atom stereocenters. The lowest BCUT2D eigenvalue weighted by atomic mass is 10.3. The minimum absolute atomic E-state index is 0.0639. The maximum absolute atomic E-state index is 13.3. The van der Waals surface area contributed by atoms with Crippen molar-refractivity contribution in [1.82, 2.24) is 13.9 Å². The molecule has 0 bridgehead atoms. The summed E-state index contributed by atoms with van der Waals surface area (Å²) >= 11 is 0. The van der Waals surface area contributed by atoms with Crippen molar-refractivity contribution in [1.29, 1.82) is 0 Å². The SMILES string of the molecule is CN(Cc1nccn1C)S(=O)(=O)c1cc(N)cc(F)c1. The third-order valence-electron chi connectivity index (χ3n) is 2.89. The number of sulfonamides is 1. The fourth-order valence-corrected chi connectivity index (χ4v) is 2.94. The molecule has 1 heterocycles. The normalized spacial score (nSPS) is 12.0. The molecule has 0 aliphatic rings. The molecule has 108 valence electrons. The Bertz CT molecular complexity index is 707. The minimum atomic E-state index is -3.82. The van der Waals surface area contributed by atoms with Crippen molar-refractivity contribution in [2.24, 2.45) is 7.05 Å². The maximum Gasteiger partial charge on any atom is 0.243 e. The van der Waals surface area contributed by atoms with E-state index in [9.17, 15) is 12.8 Å². The van der Waals surface area contributed by atoms with Gasteiger partial charge in [-0.05, 0) is 18.2 Å². The molecule has 0 saturated heterocycles. The quantitative estimate of drug-likeness (QED) is 0.853. The first-order valence-corrected chi connectivity index (χ1v) is 7.23. The van der Waals surface area contributed by atoms with Crippen molar-refractivity contribution in [3.05, 3.63) is 42.2 Å². The van der Waals surface area contributed by atoms with Crippen molar-refractivity contribution >= 4 is 15.7 Å². The Balaban J connectivity index is 2.32. The molecule has 2 aromatic rings. The van der Waals surface area contributed by atoms with Gasteiger partial charge in [0.1, 0.15) is 11.6 Å². The van der Waals surface area contributed by atoms with Gasteiger partial charge in [-0.1, -0.05) is 0 Å². The van der Waals surface area contributed by atoms with Gasteiger partial charge in [-0.25, -0.2) is 17.8 Å². The Hall–Kier alpha value is -1.93. The zero-order valence-electron chi connectivity index (χ0n) is 11.1. The Morgan fingerprint density at radius 1 is 1.40 bits per heavy atom. The van der Waals surface area contributed by atoms with Crippen molar-refractivity contribution in [3.63, 3.8) is 0 Å². The van der Waals surface area contributed by atoms with Crippen LogP contribution in [-0.2, 0) is 23.6 Å². The number of anilines is 1. The van der Waals surface area contributed by atoms with E-state index in [2.05, 4.69) is 4.98 Å². The highest BCUT2D eigenvalue weighted by molar-refractivity contribution is 7.89. The van der Waals surface area contributed by atoms with Gasteiger partial charge in [0.05, 0.1) is 11.4 Å². The van der Waals surface area contributed by atoms with Gasteiger partial charge < -0.3 is 10.3 Å². The molecule has 2 rings (SSSR count). The van der Waals surface area contributed by atoms with Gasteiger partial charge in [-0.2, -0.15) is 4.31 Å². The molecule has 6 nitrogen and oxygen atoms in total. The lowest BCUT2D eigenvalue weighted by Gasteiger charge is -2.17. The van der Waals surface area contributed by atoms with Crippen LogP contribution in [0.3, 0.4) is 0 Å². The first kappa shape index (κ1) is 14.5. The Labute approximate surface area is 116 Å². The van der Waals surface area contributed by atoms with Crippen LogP contribution in [-0.4, -0.2) is 29.3 Å². The van der Waals surface area contributed by atoms with Crippen LogP contribution in [0.25, 0.3) is 0 Å². The number of nitrogens with two attached hydrogens (primary N) is 1. The van der Waals surface area contributed by atoms with Gasteiger partial charge in [0.25, 0.3) is 0 Å². The molecule has 1 aromatic carbocycles. The molecule has 0 spiro atoms. The highest BCUT2D eigenvalue weighted by atomic mass is 32.2. The standard InChI is InChI=1S/C12H15FN4O2S/c1-16-4-3-15-12(16)8-17(2)20(18,19)11-6-9(13)5-10(14)7-11/h3-7H,8,14H2,1-2H3. The summed E-state index contributed by atoms with van der Waals surface area (Å²) in [6.07, 6.45) is 3.30. The average molecular weight is 298 g/mol. The van der Waals surface area contributed by atoms with Gasteiger partial charge >= 0.3 is 0 Å². The van der Waals surface area contributed by atoms with E-state index in [0.717, 1.165) is 16.4 Å². The van der Waals surface area contributed by atoms with E-state index in [1.165, 1.54) is 13.1 Å². The summed E-state index contributed by atoms with van der Waals surface area (Å²) in [4.78, 5) is 3.88. The van der Waals surface area contributed by atoms with E-state index in [0.29, 0.717) is 5.82 Å². The molecular formula is C12H15FN4O2S. The summed E-state index contributed by atoms with van der Waals surface area (Å²) in [5, 5.41) is 0. The highest BCUT2D eigenvalue weighted by Gasteiger charge is 2.23. The topological polar surface area (TPSA) is 81.2 Å².